The van der Waals surface area contributed by atoms with Gasteiger partial charge in [-0.15, -0.1) is 0 Å². The second kappa shape index (κ2) is 10.8. The number of allylic oxidation sites excluding steroid dienone is 4. The molecule has 9 nitrogen and oxygen atoms in total. The number of carbonyl (C=O) groups is 1. The van der Waals surface area contributed by atoms with Crippen molar-refractivity contribution in [3.63, 3.8) is 0 Å². The van der Waals surface area contributed by atoms with Gasteiger partial charge in [0.25, 0.3) is 17.4 Å². The van der Waals surface area contributed by atoms with Crippen molar-refractivity contribution >= 4 is 22.6 Å². The van der Waals surface area contributed by atoms with Gasteiger partial charge in [0, 0.05) is 44.2 Å². The van der Waals surface area contributed by atoms with E-state index in [2.05, 4.69) is 20.5 Å². The Labute approximate surface area is 217 Å². The van der Waals surface area contributed by atoms with Gasteiger partial charge in [0.2, 0.25) is 0 Å². The van der Waals surface area contributed by atoms with Crippen LogP contribution in [0.1, 0.15) is 28.8 Å². The number of ether oxygens (including phenoxy) is 1. The molecule has 1 atom stereocenters. The highest BCUT2D eigenvalue weighted by molar-refractivity contribution is 6.04. The summed E-state index contributed by atoms with van der Waals surface area (Å²) in [6, 6.07) is 0. The summed E-state index contributed by atoms with van der Waals surface area (Å²) in [7, 11) is 0. The van der Waals surface area contributed by atoms with Crippen LogP contribution in [0.2, 0.25) is 0 Å². The quantitative estimate of drug-likeness (QED) is 0.469. The Morgan fingerprint density at radius 3 is 2.84 bits per heavy atom. The maximum atomic E-state index is 14.7. The van der Waals surface area contributed by atoms with Crippen LogP contribution in [0, 0.1) is 0 Å². The average Bonchev–Trinajstić information content (AvgIpc) is 3.04. The Kier molecular flexibility index (Phi) is 7.44. The van der Waals surface area contributed by atoms with Crippen LogP contribution in [-0.4, -0.2) is 83.5 Å². The average molecular weight is 534 g/mol. The van der Waals surface area contributed by atoms with Crippen molar-refractivity contribution in [3.8, 4) is 5.75 Å². The van der Waals surface area contributed by atoms with Gasteiger partial charge in [0.05, 0.1) is 37.5 Å². The molecule has 0 radical (unpaired) electrons. The van der Waals surface area contributed by atoms with Crippen LogP contribution in [0.5, 0.6) is 5.75 Å². The zero-order valence-corrected chi connectivity index (χ0v) is 20.8. The van der Waals surface area contributed by atoms with Crippen LogP contribution in [-0.2, 0) is 17.7 Å². The molecule has 1 aliphatic carbocycles. The van der Waals surface area contributed by atoms with E-state index in [0.717, 1.165) is 29.8 Å². The number of rotatable bonds is 7. The summed E-state index contributed by atoms with van der Waals surface area (Å²) in [4.78, 5) is 32.8. The lowest BCUT2D eigenvalue weighted by Gasteiger charge is -2.26. The molecule has 2 aliphatic heterocycles. The number of hydrogen-bond acceptors (Lipinski definition) is 7. The summed E-state index contributed by atoms with van der Waals surface area (Å²) >= 11 is 0. The third-order valence-electron chi connectivity index (χ3n) is 7.02. The fraction of sp³-hybridized carbons (Fsp3) is 0.500. The molecule has 1 amide bonds. The summed E-state index contributed by atoms with van der Waals surface area (Å²) in [5, 5.41) is 16.3. The lowest BCUT2D eigenvalue weighted by molar-refractivity contribution is -0.000937. The van der Waals surface area contributed by atoms with Gasteiger partial charge in [-0.1, -0.05) is 18.2 Å². The van der Waals surface area contributed by atoms with Gasteiger partial charge in [-0.25, -0.2) is 13.2 Å². The molecule has 5 rings (SSSR count). The molecule has 38 heavy (non-hydrogen) atoms. The number of hydrogen-bond donors (Lipinski definition) is 3. The minimum absolute atomic E-state index is 0.00907. The van der Waals surface area contributed by atoms with E-state index < -0.39 is 48.0 Å². The lowest BCUT2D eigenvalue weighted by atomic mass is 9.98. The predicted octanol–water partition coefficient (Wildman–Crippen LogP) is 2.38. The fourth-order valence-corrected chi connectivity index (χ4v) is 5.03. The summed E-state index contributed by atoms with van der Waals surface area (Å²) in [6.07, 6.45) is 6.22. The molecule has 3 N–H and O–H groups in total. The van der Waals surface area contributed by atoms with Crippen LogP contribution >= 0.6 is 0 Å². The van der Waals surface area contributed by atoms with E-state index in [1.54, 1.807) is 12.2 Å². The summed E-state index contributed by atoms with van der Waals surface area (Å²) in [5.41, 5.74) is -0.218. The van der Waals surface area contributed by atoms with Crippen molar-refractivity contribution in [1.82, 2.24) is 19.8 Å². The van der Waals surface area contributed by atoms with Crippen molar-refractivity contribution in [2.24, 2.45) is 0 Å². The standard InChI is InChI=1S/C26H30F3N5O4/c27-18-4-2-16(3-5-18)12-17-13-31-21-22-20(17)32-14-26(28,29)15-34(22)25(37)19(23(21)35)24(36)30-6-1-7-33-8-10-38-11-9-33/h2-4,13,18,32,35H,1,5-12,14-15H2,(H,30,36)/t18-/m0/s1. The molecule has 0 aromatic carbocycles. The second-order valence-corrected chi connectivity index (χ2v) is 9.81. The molecule has 204 valence electrons. The van der Waals surface area contributed by atoms with E-state index in [0.29, 0.717) is 25.2 Å². The molecule has 2 aromatic heterocycles. The van der Waals surface area contributed by atoms with E-state index in [4.69, 9.17) is 4.74 Å². The molecule has 0 bridgehead atoms. The number of aromatic hydroxyl groups is 1. The molecule has 0 unspecified atom stereocenters. The monoisotopic (exact) mass is 533 g/mol. The van der Waals surface area contributed by atoms with E-state index >= 15 is 0 Å². The van der Waals surface area contributed by atoms with Crippen molar-refractivity contribution in [3.05, 3.63) is 51.5 Å². The smallest absolute Gasteiger partial charge is 0.282 e. The SMILES string of the molecule is O=C(NCCCN1CCOCC1)c1c(O)c2ncc(CC3=CC[C@@H](F)C=C3)c3c2n(c1=O)CC(F)(F)CN3. The highest BCUT2D eigenvalue weighted by Gasteiger charge is 2.37. The van der Waals surface area contributed by atoms with Gasteiger partial charge in [-0.05, 0) is 18.5 Å². The van der Waals surface area contributed by atoms with Gasteiger partial charge in [0.15, 0.2) is 5.75 Å². The van der Waals surface area contributed by atoms with Crippen LogP contribution in [0.15, 0.2) is 34.8 Å². The van der Waals surface area contributed by atoms with Crippen molar-refractivity contribution < 1.29 is 27.8 Å². The molecule has 4 heterocycles. The zero-order chi connectivity index (χ0) is 26.9. The minimum atomic E-state index is -3.30. The van der Waals surface area contributed by atoms with E-state index in [-0.39, 0.29) is 36.1 Å². The number of nitrogens with zero attached hydrogens (tertiary/aromatic N) is 3. The number of halogens is 3. The first-order valence-electron chi connectivity index (χ1n) is 12.7. The maximum absolute atomic E-state index is 14.7. The third kappa shape index (κ3) is 5.41. The maximum Gasteiger partial charge on any atom is 0.282 e. The number of carbonyl (C=O) groups excluding carboxylic acids is 1. The van der Waals surface area contributed by atoms with Gasteiger partial charge in [-0.3, -0.25) is 24.0 Å². The molecular weight excluding hydrogens is 503 g/mol. The number of anilines is 1. The summed E-state index contributed by atoms with van der Waals surface area (Å²) < 4.78 is 49.1. The molecule has 0 spiro atoms. The Bertz CT molecular complexity index is 1350. The number of alkyl halides is 3. The van der Waals surface area contributed by atoms with Gasteiger partial charge < -0.3 is 20.5 Å². The highest BCUT2D eigenvalue weighted by atomic mass is 19.3. The topological polar surface area (TPSA) is 109 Å². The number of morpholine rings is 1. The molecule has 1 fully saturated rings. The molecule has 3 aliphatic rings. The third-order valence-corrected chi connectivity index (χ3v) is 7.02. The lowest BCUT2D eigenvalue weighted by Crippen LogP contribution is -2.39. The highest BCUT2D eigenvalue weighted by Crippen LogP contribution is 2.37. The first-order valence-corrected chi connectivity index (χ1v) is 12.7. The number of pyridine rings is 2. The molecule has 0 saturated carbocycles. The van der Waals surface area contributed by atoms with Crippen LogP contribution in [0.3, 0.4) is 0 Å². The Morgan fingerprint density at radius 2 is 2.11 bits per heavy atom. The van der Waals surface area contributed by atoms with Crippen LogP contribution in [0.25, 0.3) is 11.0 Å². The first-order chi connectivity index (χ1) is 18.2. The Hall–Kier alpha value is -3.38. The van der Waals surface area contributed by atoms with Gasteiger partial charge >= 0.3 is 0 Å². The molecule has 12 heteroatoms. The second-order valence-electron chi connectivity index (χ2n) is 9.81. The number of amides is 1. The van der Waals surface area contributed by atoms with Gasteiger partial charge in [0.1, 0.15) is 17.3 Å². The summed E-state index contributed by atoms with van der Waals surface area (Å²) in [6.45, 7) is 2.14. The molecule has 2 aromatic rings. The van der Waals surface area contributed by atoms with Crippen LogP contribution < -0.4 is 16.2 Å². The fourth-order valence-electron chi connectivity index (χ4n) is 5.03. The number of nitrogens with one attached hydrogen (secondary N) is 2. The van der Waals surface area contributed by atoms with Crippen molar-refractivity contribution in [2.45, 2.75) is 37.9 Å². The van der Waals surface area contributed by atoms with Crippen molar-refractivity contribution in [2.75, 3.05) is 51.3 Å². The van der Waals surface area contributed by atoms with E-state index in [9.17, 15) is 27.9 Å². The van der Waals surface area contributed by atoms with E-state index in [1.165, 1.54) is 12.3 Å². The zero-order valence-electron chi connectivity index (χ0n) is 20.8. The predicted molar refractivity (Wildman–Crippen MR) is 136 cm³/mol. The Balaban J connectivity index is 1.46. The Morgan fingerprint density at radius 1 is 1.32 bits per heavy atom. The minimum Gasteiger partial charge on any atom is -0.505 e. The largest absolute Gasteiger partial charge is 0.505 e. The number of aromatic nitrogens is 2. The summed E-state index contributed by atoms with van der Waals surface area (Å²) in [5.74, 6) is -4.79. The molecule has 1 saturated heterocycles. The first kappa shape index (κ1) is 26.2. The van der Waals surface area contributed by atoms with Crippen molar-refractivity contribution in [1.29, 1.82) is 0 Å². The normalized spacial score (nSPS) is 21.0. The van der Waals surface area contributed by atoms with Crippen LogP contribution in [0.4, 0.5) is 18.9 Å². The van der Waals surface area contributed by atoms with E-state index in [1.807, 2.05) is 0 Å². The molecular formula is C26H30F3N5O4. The van der Waals surface area contributed by atoms with Gasteiger partial charge in [-0.2, -0.15) is 0 Å².